The molecule has 17 heavy (non-hydrogen) atoms. The van der Waals surface area contributed by atoms with E-state index in [4.69, 9.17) is 0 Å². The summed E-state index contributed by atoms with van der Waals surface area (Å²) in [4.78, 5) is 25.7. The fraction of sp³-hybridized carbons (Fsp3) is 0.250. The SMILES string of the molecule is O=CCCC(C=O)n1cnc2ccc(P)cc21. The zero-order chi connectivity index (χ0) is 12.3. The van der Waals surface area contributed by atoms with Crippen LogP contribution in [-0.4, -0.2) is 22.1 Å². The number of carbonyl (C=O) groups excluding carboxylic acids is 2. The number of imidazole rings is 1. The topological polar surface area (TPSA) is 52.0 Å². The van der Waals surface area contributed by atoms with E-state index in [1.165, 1.54) is 0 Å². The number of aldehydes is 2. The molecular formula is C12H13N2O2P. The third-order valence-corrected chi connectivity index (χ3v) is 3.05. The monoisotopic (exact) mass is 248 g/mol. The van der Waals surface area contributed by atoms with Crippen molar-refractivity contribution < 1.29 is 9.59 Å². The van der Waals surface area contributed by atoms with Crippen LogP contribution in [0.1, 0.15) is 18.9 Å². The van der Waals surface area contributed by atoms with E-state index in [-0.39, 0.29) is 6.04 Å². The Morgan fingerprint density at radius 1 is 1.41 bits per heavy atom. The molecule has 0 N–H and O–H groups in total. The maximum absolute atomic E-state index is 11.1. The quantitative estimate of drug-likeness (QED) is 0.591. The summed E-state index contributed by atoms with van der Waals surface area (Å²) >= 11 is 0. The van der Waals surface area contributed by atoms with Gasteiger partial charge in [-0.3, -0.25) is 0 Å². The number of fused-ring (bicyclic) bond motifs is 1. The van der Waals surface area contributed by atoms with E-state index >= 15 is 0 Å². The van der Waals surface area contributed by atoms with Gasteiger partial charge in [-0.2, -0.15) is 0 Å². The molecule has 0 fully saturated rings. The maximum atomic E-state index is 11.1. The molecule has 0 aliphatic heterocycles. The Balaban J connectivity index is 2.42. The predicted octanol–water partition coefficient (Wildman–Crippen LogP) is 1.26. The average molecular weight is 248 g/mol. The predicted molar refractivity (Wildman–Crippen MR) is 69.5 cm³/mol. The highest BCUT2D eigenvalue weighted by molar-refractivity contribution is 7.27. The van der Waals surface area contributed by atoms with Crippen LogP contribution in [0.2, 0.25) is 0 Å². The fourth-order valence-electron chi connectivity index (χ4n) is 1.82. The molecule has 0 spiro atoms. The lowest BCUT2D eigenvalue weighted by molar-refractivity contribution is -0.111. The van der Waals surface area contributed by atoms with Crippen LogP contribution >= 0.6 is 9.24 Å². The molecule has 1 aromatic carbocycles. The van der Waals surface area contributed by atoms with E-state index in [0.29, 0.717) is 12.8 Å². The first kappa shape index (κ1) is 11.9. The van der Waals surface area contributed by atoms with Crippen LogP contribution < -0.4 is 5.30 Å². The minimum absolute atomic E-state index is 0.322. The van der Waals surface area contributed by atoms with E-state index in [1.807, 2.05) is 22.8 Å². The van der Waals surface area contributed by atoms with Crippen molar-refractivity contribution in [3.63, 3.8) is 0 Å². The lowest BCUT2D eigenvalue weighted by Crippen LogP contribution is -2.10. The van der Waals surface area contributed by atoms with Crippen LogP contribution in [0.3, 0.4) is 0 Å². The lowest BCUT2D eigenvalue weighted by Gasteiger charge is -2.11. The van der Waals surface area contributed by atoms with Gasteiger partial charge in [-0.05, 0) is 23.9 Å². The zero-order valence-corrected chi connectivity index (χ0v) is 10.4. The molecule has 2 aromatic rings. The molecule has 0 aliphatic rings. The Morgan fingerprint density at radius 2 is 2.24 bits per heavy atom. The van der Waals surface area contributed by atoms with E-state index in [0.717, 1.165) is 28.9 Å². The summed E-state index contributed by atoms with van der Waals surface area (Å²) < 4.78 is 1.82. The maximum Gasteiger partial charge on any atom is 0.142 e. The van der Waals surface area contributed by atoms with E-state index < -0.39 is 0 Å². The summed E-state index contributed by atoms with van der Waals surface area (Å²) in [6, 6.07) is 5.50. The number of rotatable bonds is 5. The molecule has 0 amide bonds. The summed E-state index contributed by atoms with van der Waals surface area (Å²) in [5, 5.41) is 1.04. The molecule has 2 unspecified atom stereocenters. The molecule has 1 aromatic heterocycles. The first-order chi connectivity index (χ1) is 8.26. The molecule has 1 heterocycles. The van der Waals surface area contributed by atoms with Gasteiger partial charge in [-0.15, -0.1) is 9.24 Å². The van der Waals surface area contributed by atoms with Crippen LogP contribution in [0.15, 0.2) is 24.5 Å². The van der Waals surface area contributed by atoms with Crippen molar-refractivity contribution in [2.45, 2.75) is 18.9 Å². The molecule has 0 aliphatic carbocycles. The zero-order valence-electron chi connectivity index (χ0n) is 9.24. The van der Waals surface area contributed by atoms with Crippen LogP contribution in [0, 0.1) is 0 Å². The minimum atomic E-state index is -0.322. The molecule has 2 rings (SSSR count). The second-order valence-corrected chi connectivity index (χ2v) is 4.51. The van der Waals surface area contributed by atoms with Crippen LogP contribution in [0.4, 0.5) is 0 Å². The summed E-state index contributed by atoms with van der Waals surface area (Å²) in [5.41, 5.74) is 1.77. The van der Waals surface area contributed by atoms with Crippen molar-refractivity contribution >= 4 is 38.2 Å². The van der Waals surface area contributed by atoms with Gasteiger partial charge < -0.3 is 14.2 Å². The normalized spacial score (nSPS) is 12.5. The highest BCUT2D eigenvalue weighted by Crippen LogP contribution is 2.19. The number of hydrogen-bond acceptors (Lipinski definition) is 3. The Labute approximate surface area is 101 Å². The molecule has 5 heteroatoms. The van der Waals surface area contributed by atoms with Crippen molar-refractivity contribution in [3.05, 3.63) is 24.5 Å². The van der Waals surface area contributed by atoms with E-state index in [2.05, 4.69) is 14.2 Å². The third kappa shape index (κ3) is 2.42. The molecular weight excluding hydrogens is 235 g/mol. The van der Waals surface area contributed by atoms with Gasteiger partial charge in [-0.25, -0.2) is 4.98 Å². The van der Waals surface area contributed by atoms with E-state index in [9.17, 15) is 9.59 Å². The molecule has 88 valence electrons. The minimum Gasteiger partial charge on any atom is -0.320 e. The fourth-order valence-corrected chi connectivity index (χ4v) is 2.07. The van der Waals surface area contributed by atoms with E-state index in [1.54, 1.807) is 6.33 Å². The highest BCUT2D eigenvalue weighted by atomic mass is 31.0. The molecule has 0 radical (unpaired) electrons. The van der Waals surface area contributed by atoms with Gasteiger partial charge in [0, 0.05) is 6.42 Å². The second-order valence-electron chi connectivity index (χ2n) is 3.85. The summed E-state index contributed by atoms with van der Waals surface area (Å²) in [7, 11) is 2.62. The van der Waals surface area contributed by atoms with Gasteiger partial charge in [0.25, 0.3) is 0 Å². The molecule has 0 saturated heterocycles. The molecule has 2 atom stereocenters. The van der Waals surface area contributed by atoms with Crippen molar-refractivity contribution in [2.75, 3.05) is 0 Å². The Bertz CT molecular complexity index is 550. The number of hydrogen-bond donors (Lipinski definition) is 0. The third-order valence-electron chi connectivity index (χ3n) is 2.69. The van der Waals surface area contributed by atoms with Gasteiger partial charge in [0.1, 0.15) is 12.6 Å². The highest BCUT2D eigenvalue weighted by Gasteiger charge is 2.12. The standard InChI is InChI=1S/C12H13N2O2P/c15-5-1-2-9(7-16)14-8-13-11-4-3-10(17)6-12(11)14/h3-9H,1-2,17H2. The second kappa shape index (κ2) is 5.19. The molecule has 0 saturated carbocycles. The van der Waals surface area contributed by atoms with Crippen molar-refractivity contribution in [3.8, 4) is 0 Å². The molecule has 4 nitrogen and oxygen atoms in total. The van der Waals surface area contributed by atoms with Crippen LogP contribution in [0.25, 0.3) is 11.0 Å². The van der Waals surface area contributed by atoms with Gasteiger partial charge in [0.05, 0.1) is 23.4 Å². The smallest absolute Gasteiger partial charge is 0.142 e. The summed E-state index contributed by atoms with van der Waals surface area (Å²) in [6.45, 7) is 0. The largest absolute Gasteiger partial charge is 0.320 e. The van der Waals surface area contributed by atoms with Gasteiger partial charge in [-0.1, -0.05) is 6.07 Å². The van der Waals surface area contributed by atoms with Crippen LogP contribution in [-0.2, 0) is 9.59 Å². The number of benzene rings is 1. The number of carbonyl (C=O) groups is 2. The van der Waals surface area contributed by atoms with Crippen molar-refractivity contribution in [1.82, 2.24) is 9.55 Å². The van der Waals surface area contributed by atoms with Crippen molar-refractivity contribution in [1.29, 1.82) is 0 Å². The van der Waals surface area contributed by atoms with Crippen molar-refractivity contribution in [2.24, 2.45) is 0 Å². The van der Waals surface area contributed by atoms with Gasteiger partial charge in [0.2, 0.25) is 0 Å². The number of nitrogens with zero attached hydrogens (tertiary/aromatic N) is 2. The first-order valence-electron chi connectivity index (χ1n) is 5.37. The van der Waals surface area contributed by atoms with Gasteiger partial charge in [0.15, 0.2) is 0 Å². The average Bonchev–Trinajstić information content (AvgIpc) is 2.73. The summed E-state index contributed by atoms with van der Waals surface area (Å²) in [6.07, 6.45) is 4.23. The first-order valence-corrected chi connectivity index (χ1v) is 5.95. The Hall–Kier alpha value is -1.54. The number of aromatic nitrogens is 2. The lowest BCUT2D eigenvalue weighted by atomic mass is 10.2. The van der Waals surface area contributed by atoms with Gasteiger partial charge >= 0.3 is 0 Å². The Morgan fingerprint density at radius 3 is 2.94 bits per heavy atom. The summed E-state index contributed by atoms with van der Waals surface area (Å²) in [5.74, 6) is 0. The molecule has 0 bridgehead atoms. The Kier molecular flexibility index (Phi) is 3.64. The van der Waals surface area contributed by atoms with Crippen LogP contribution in [0.5, 0.6) is 0 Å².